The minimum absolute atomic E-state index is 0.0435. The number of esters is 1. The Kier molecular flexibility index (Phi) is 5.12. The molecule has 1 aliphatic carbocycles. The summed E-state index contributed by atoms with van der Waals surface area (Å²) in [6.45, 7) is 8.32. The monoisotopic (exact) mass is 373 g/mol. The molecule has 1 fully saturated rings. The summed E-state index contributed by atoms with van der Waals surface area (Å²) in [6, 6.07) is 5.43. The maximum atomic E-state index is 12.7. The van der Waals surface area contributed by atoms with Gasteiger partial charge in [0, 0.05) is 23.1 Å². The number of benzene rings is 1. The van der Waals surface area contributed by atoms with Gasteiger partial charge in [-0.25, -0.2) is 0 Å². The Hall–Kier alpha value is -2.21. The molecule has 1 unspecified atom stereocenters. The Morgan fingerprint density at radius 3 is 2.48 bits per heavy atom. The number of ether oxygens (including phenoxy) is 2. The number of nitrogens with one attached hydrogen (secondary N) is 1. The number of ketones is 1. The standard InChI is InChI=1S/C21H27NO5/c1-20(2,7-8-21(3,4)19(25)27-12-15-11-26-15)18(24)22-14-6-5-13-9-17(23)16(13)10-14/h5-6,10,15H,7-9,11-12H2,1-4H3,(H,22,24). The van der Waals surface area contributed by atoms with Crippen molar-refractivity contribution in [3.05, 3.63) is 29.3 Å². The van der Waals surface area contributed by atoms with Crippen molar-refractivity contribution in [3.8, 4) is 0 Å². The lowest BCUT2D eigenvalue weighted by atomic mass is 9.78. The lowest BCUT2D eigenvalue weighted by Crippen LogP contribution is -2.34. The second kappa shape index (κ2) is 7.08. The van der Waals surface area contributed by atoms with Crippen molar-refractivity contribution in [2.75, 3.05) is 18.5 Å². The molecule has 1 aromatic rings. The normalized spacial score (nSPS) is 18.4. The Morgan fingerprint density at radius 1 is 1.19 bits per heavy atom. The van der Waals surface area contributed by atoms with Crippen molar-refractivity contribution < 1.29 is 23.9 Å². The number of epoxide rings is 1. The van der Waals surface area contributed by atoms with E-state index in [0.29, 0.717) is 43.7 Å². The highest BCUT2D eigenvalue weighted by Gasteiger charge is 2.36. The van der Waals surface area contributed by atoms with Crippen LogP contribution in [0.3, 0.4) is 0 Å². The van der Waals surface area contributed by atoms with Gasteiger partial charge in [0.15, 0.2) is 5.78 Å². The van der Waals surface area contributed by atoms with Crippen LogP contribution in [0.15, 0.2) is 18.2 Å². The van der Waals surface area contributed by atoms with Crippen molar-refractivity contribution in [1.82, 2.24) is 0 Å². The number of carbonyl (C=O) groups is 3. The lowest BCUT2D eigenvalue weighted by Gasteiger charge is -2.29. The molecule has 1 amide bonds. The van der Waals surface area contributed by atoms with Crippen LogP contribution in [0.25, 0.3) is 0 Å². The van der Waals surface area contributed by atoms with E-state index in [1.165, 1.54) is 0 Å². The minimum Gasteiger partial charge on any atom is -0.462 e. The molecule has 3 rings (SSSR count). The molecule has 1 aromatic carbocycles. The Balaban J connectivity index is 1.54. The highest BCUT2D eigenvalue weighted by molar-refractivity contribution is 6.08. The molecule has 1 saturated heterocycles. The molecule has 27 heavy (non-hydrogen) atoms. The van der Waals surface area contributed by atoms with E-state index in [0.717, 1.165) is 5.56 Å². The van der Waals surface area contributed by atoms with Gasteiger partial charge >= 0.3 is 5.97 Å². The summed E-state index contributed by atoms with van der Waals surface area (Å²) in [5, 5.41) is 2.89. The van der Waals surface area contributed by atoms with Gasteiger partial charge in [-0.05, 0) is 44.4 Å². The number of rotatable bonds is 8. The number of hydrogen-bond acceptors (Lipinski definition) is 5. The predicted octanol–water partition coefficient (Wildman–Crippen LogP) is 3.14. The zero-order valence-corrected chi connectivity index (χ0v) is 16.4. The maximum Gasteiger partial charge on any atom is 0.311 e. The molecule has 146 valence electrons. The van der Waals surface area contributed by atoms with E-state index < -0.39 is 10.8 Å². The van der Waals surface area contributed by atoms with Gasteiger partial charge in [-0.3, -0.25) is 14.4 Å². The molecule has 0 bridgehead atoms. The Bertz CT molecular complexity index is 777. The van der Waals surface area contributed by atoms with E-state index in [1.54, 1.807) is 6.07 Å². The summed E-state index contributed by atoms with van der Waals surface area (Å²) in [5.41, 5.74) is 1.00. The topological polar surface area (TPSA) is 85.0 Å². The zero-order valence-electron chi connectivity index (χ0n) is 16.4. The molecule has 0 radical (unpaired) electrons. The fourth-order valence-electron chi connectivity index (χ4n) is 2.90. The Morgan fingerprint density at radius 2 is 1.85 bits per heavy atom. The van der Waals surface area contributed by atoms with Crippen LogP contribution >= 0.6 is 0 Å². The molecule has 0 saturated carbocycles. The maximum absolute atomic E-state index is 12.7. The van der Waals surface area contributed by atoms with Crippen molar-refractivity contribution >= 4 is 23.3 Å². The van der Waals surface area contributed by atoms with Crippen LogP contribution in [-0.2, 0) is 25.5 Å². The predicted molar refractivity (Wildman–Crippen MR) is 101 cm³/mol. The van der Waals surface area contributed by atoms with Crippen LogP contribution in [0, 0.1) is 10.8 Å². The van der Waals surface area contributed by atoms with Gasteiger partial charge in [-0.2, -0.15) is 0 Å². The molecule has 0 spiro atoms. The van der Waals surface area contributed by atoms with Crippen LogP contribution in [0.4, 0.5) is 5.69 Å². The van der Waals surface area contributed by atoms with E-state index in [4.69, 9.17) is 9.47 Å². The van der Waals surface area contributed by atoms with Crippen molar-refractivity contribution in [2.24, 2.45) is 10.8 Å². The van der Waals surface area contributed by atoms with E-state index in [9.17, 15) is 14.4 Å². The first-order chi connectivity index (χ1) is 12.6. The summed E-state index contributed by atoms with van der Waals surface area (Å²) in [4.78, 5) is 36.6. The molecule has 1 aliphatic heterocycles. The van der Waals surface area contributed by atoms with Crippen LogP contribution < -0.4 is 5.32 Å². The first-order valence-electron chi connectivity index (χ1n) is 9.35. The number of hydrogen-bond donors (Lipinski definition) is 1. The SMILES string of the molecule is CC(C)(CCC(C)(C)C(=O)OCC1CO1)C(=O)Nc1ccc2c(c1)C(=O)C2. The highest BCUT2D eigenvalue weighted by atomic mass is 16.6. The van der Waals surface area contributed by atoms with Gasteiger partial charge < -0.3 is 14.8 Å². The third-order valence-electron chi connectivity index (χ3n) is 5.36. The molecule has 2 aliphatic rings. The van der Waals surface area contributed by atoms with Gasteiger partial charge in [0.1, 0.15) is 12.7 Å². The third kappa shape index (κ3) is 4.56. The van der Waals surface area contributed by atoms with Crippen LogP contribution in [0.2, 0.25) is 0 Å². The number of amides is 1. The fourth-order valence-corrected chi connectivity index (χ4v) is 2.90. The molecular formula is C21H27NO5. The largest absolute Gasteiger partial charge is 0.462 e. The van der Waals surface area contributed by atoms with Crippen LogP contribution in [0.1, 0.15) is 56.5 Å². The average Bonchev–Trinajstić information content (AvgIpc) is 3.43. The number of anilines is 1. The molecule has 6 heteroatoms. The van der Waals surface area contributed by atoms with Gasteiger partial charge in [0.25, 0.3) is 0 Å². The quantitative estimate of drug-likeness (QED) is 0.559. The lowest BCUT2D eigenvalue weighted by molar-refractivity contribution is -0.155. The van der Waals surface area contributed by atoms with E-state index in [2.05, 4.69) is 5.32 Å². The summed E-state index contributed by atoms with van der Waals surface area (Å²) in [7, 11) is 0. The zero-order chi connectivity index (χ0) is 19.8. The van der Waals surface area contributed by atoms with Crippen molar-refractivity contribution in [1.29, 1.82) is 0 Å². The first-order valence-corrected chi connectivity index (χ1v) is 9.35. The highest BCUT2D eigenvalue weighted by Crippen LogP contribution is 2.34. The molecule has 6 nitrogen and oxygen atoms in total. The summed E-state index contributed by atoms with van der Waals surface area (Å²) < 4.78 is 10.3. The fraction of sp³-hybridized carbons (Fsp3) is 0.571. The Labute approximate surface area is 159 Å². The van der Waals surface area contributed by atoms with E-state index in [-0.39, 0.29) is 23.8 Å². The number of fused-ring (bicyclic) bond motifs is 1. The van der Waals surface area contributed by atoms with E-state index >= 15 is 0 Å². The summed E-state index contributed by atoms with van der Waals surface area (Å²) in [6.07, 6.45) is 1.58. The third-order valence-corrected chi connectivity index (χ3v) is 5.36. The number of Topliss-reactive ketones (excluding diaryl/α,β-unsaturated/α-hetero) is 1. The minimum atomic E-state index is -0.672. The van der Waals surface area contributed by atoms with Crippen LogP contribution in [0.5, 0.6) is 0 Å². The van der Waals surface area contributed by atoms with Crippen LogP contribution in [-0.4, -0.2) is 37.0 Å². The van der Waals surface area contributed by atoms with Crippen molar-refractivity contribution in [3.63, 3.8) is 0 Å². The van der Waals surface area contributed by atoms with Gasteiger partial charge in [0.2, 0.25) is 5.91 Å². The van der Waals surface area contributed by atoms with E-state index in [1.807, 2.05) is 39.8 Å². The molecular weight excluding hydrogens is 346 g/mol. The summed E-state index contributed by atoms with van der Waals surface area (Å²) >= 11 is 0. The molecule has 1 heterocycles. The molecule has 0 aromatic heterocycles. The smallest absolute Gasteiger partial charge is 0.311 e. The van der Waals surface area contributed by atoms with Gasteiger partial charge in [-0.1, -0.05) is 19.9 Å². The second-order valence-corrected chi connectivity index (χ2v) is 8.75. The molecule has 1 N–H and O–H groups in total. The van der Waals surface area contributed by atoms with Gasteiger partial charge in [0.05, 0.1) is 12.0 Å². The first kappa shape index (κ1) is 19.5. The second-order valence-electron chi connectivity index (χ2n) is 8.75. The van der Waals surface area contributed by atoms with Crippen molar-refractivity contribution in [2.45, 2.75) is 53.1 Å². The molecule has 1 atom stereocenters. The number of carbonyl (C=O) groups excluding carboxylic acids is 3. The average molecular weight is 373 g/mol. The van der Waals surface area contributed by atoms with Gasteiger partial charge in [-0.15, -0.1) is 0 Å². The summed E-state index contributed by atoms with van der Waals surface area (Å²) in [5.74, 6) is -0.294.